The normalized spacial score (nSPS) is 14.9. The van der Waals surface area contributed by atoms with Crippen molar-refractivity contribution in [1.82, 2.24) is 10.6 Å². The standard InChI is InChI=1S/C19H30FN3O2.HI/c1-13(2)5-6-14(3)23-19(21-4)22-8-7-15-9-17(20)10-16-11-24-12-25-18(15)16;/h9-10,13-14H,5-8,11-12H2,1-4H3,(H2,21,22,23);1H. The first-order valence-corrected chi connectivity index (χ1v) is 8.98. The Morgan fingerprint density at radius 1 is 1.27 bits per heavy atom. The van der Waals surface area contributed by atoms with E-state index in [0.29, 0.717) is 31.5 Å². The van der Waals surface area contributed by atoms with Crippen molar-refractivity contribution in [3.63, 3.8) is 0 Å². The van der Waals surface area contributed by atoms with Crippen LogP contribution < -0.4 is 15.4 Å². The zero-order valence-electron chi connectivity index (χ0n) is 16.1. The van der Waals surface area contributed by atoms with Gasteiger partial charge in [-0.1, -0.05) is 13.8 Å². The molecule has 1 aliphatic heterocycles. The summed E-state index contributed by atoms with van der Waals surface area (Å²) in [6, 6.07) is 3.37. The molecule has 1 aromatic rings. The van der Waals surface area contributed by atoms with Gasteiger partial charge in [-0.3, -0.25) is 4.99 Å². The first-order valence-electron chi connectivity index (χ1n) is 8.98. The van der Waals surface area contributed by atoms with Gasteiger partial charge in [0.25, 0.3) is 0 Å². The molecular weight excluding hydrogens is 448 g/mol. The van der Waals surface area contributed by atoms with Crippen molar-refractivity contribution in [2.75, 3.05) is 20.4 Å². The van der Waals surface area contributed by atoms with E-state index in [1.165, 1.54) is 18.6 Å². The van der Waals surface area contributed by atoms with Gasteiger partial charge in [0.05, 0.1) is 6.61 Å². The molecule has 0 saturated carbocycles. The topological polar surface area (TPSA) is 54.9 Å². The zero-order chi connectivity index (χ0) is 18.2. The van der Waals surface area contributed by atoms with E-state index in [1.807, 2.05) is 0 Å². The quantitative estimate of drug-likeness (QED) is 0.355. The number of aliphatic imine (C=N–C) groups is 1. The summed E-state index contributed by atoms with van der Waals surface area (Å²) in [6.07, 6.45) is 2.94. The maximum Gasteiger partial charge on any atom is 0.191 e. The van der Waals surface area contributed by atoms with Crippen molar-refractivity contribution >= 4 is 29.9 Å². The second-order valence-corrected chi connectivity index (χ2v) is 6.93. The van der Waals surface area contributed by atoms with Crippen LogP contribution in [0.3, 0.4) is 0 Å². The van der Waals surface area contributed by atoms with E-state index >= 15 is 0 Å². The first-order chi connectivity index (χ1) is 12.0. The molecule has 2 N–H and O–H groups in total. The van der Waals surface area contributed by atoms with Crippen molar-refractivity contribution in [2.24, 2.45) is 10.9 Å². The molecule has 1 aromatic carbocycles. The van der Waals surface area contributed by atoms with Crippen LogP contribution in [-0.4, -0.2) is 32.4 Å². The molecule has 7 heteroatoms. The van der Waals surface area contributed by atoms with Gasteiger partial charge in [0, 0.05) is 25.2 Å². The highest BCUT2D eigenvalue weighted by Crippen LogP contribution is 2.29. The predicted molar refractivity (Wildman–Crippen MR) is 114 cm³/mol. The van der Waals surface area contributed by atoms with Crippen LogP contribution in [0.2, 0.25) is 0 Å². The maximum atomic E-state index is 13.8. The summed E-state index contributed by atoms with van der Waals surface area (Å²) in [6.45, 7) is 7.88. The summed E-state index contributed by atoms with van der Waals surface area (Å²) >= 11 is 0. The van der Waals surface area contributed by atoms with Crippen molar-refractivity contribution in [3.05, 3.63) is 29.1 Å². The van der Waals surface area contributed by atoms with E-state index in [4.69, 9.17) is 9.47 Å². The maximum absolute atomic E-state index is 13.8. The van der Waals surface area contributed by atoms with E-state index in [0.717, 1.165) is 29.3 Å². The Kier molecular flexibility index (Phi) is 10.2. The third-order valence-electron chi connectivity index (χ3n) is 4.22. The lowest BCUT2D eigenvalue weighted by molar-refractivity contribution is -0.0172. The Bertz CT molecular complexity index is 596. The second kappa shape index (κ2) is 11.6. The molecule has 0 radical (unpaired) electrons. The summed E-state index contributed by atoms with van der Waals surface area (Å²) in [5.41, 5.74) is 1.63. The highest BCUT2D eigenvalue weighted by atomic mass is 127. The van der Waals surface area contributed by atoms with Crippen molar-refractivity contribution in [2.45, 2.75) is 52.7 Å². The fourth-order valence-corrected chi connectivity index (χ4v) is 2.84. The van der Waals surface area contributed by atoms with Crippen molar-refractivity contribution < 1.29 is 13.9 Å². The van der Waals surface area contributed by atoms with Crippen LogP contribution in [0.25, 0.3) is 0 Å². The van der Waals surface area contributed by atoms with Crippen LogP contribution >= 0.6 is 24.0 Å². The molecule has 26 heavy (non-hydrogen) atoms. The fraction of sp³-hybridized carbons (Fsp3) is 0.632. The lowest BCUT2D eigenvalue weighted by Gasteiger charge is -2.22. The van der Waals surface area contributed by atoms with Gasteiger partial charge < -0.3 is 20.1 Å². The molecule has 1 atom stereocenters. The number of guanidine groups is 1. The van der Waals surface area contributed by atoms with Gasteiger partial charge in [-0.2, -0.15) is 0 Å². The monoisotopic (exact) mass is 479 g/mol. The Balaban J connectivity index is 0.00000338. The first kappa shape index (κ1) is 23.0. The number of fused-ring (bicyclic) bond motifs is 1. The second-order valence-electron chi connectivity index (χ2n) is 6.93. The number of hydrogen-bond acceptors (Lipinski definition) is 3. The smallest absolute Gasteiger partial charge is 0.191 e. The minimum absolute atomic E-state index is 0. The molecule has 0 saturated heterocycles. The van der Waals surface area contributed by atoms with E-state index in [1.54, 1.807) is 7.05 Å². The average Bonchev–Trinajstić information content (AvgIpc) is 2.58. The van der Waals surface area contributed by atoms with Gasteiger partial charge in [0.1, 0.15) is 11.6 Å². The summed E-state index contributed by atoms with van der Waals surface area (Å²) in [5, 5.41) is 6.69. The molecular formula is C19H31FIN3O2. The summed E-state index contributed by atoms with van der Waals surface area (Å²) in [7, 11) is 1.76. The molecule has 5 nitrogen and oxygen atoms in total. The summed E-state index contributed by atoms with van der Waals surface area (Å²) in [5.74, 6) is 1.96. The van der Waals surface area contributed by atoms with Gasteiger partial charge in [0.2, 0.25) is 0 Å². The highest BCUT2D eigenvalue weighted by Gasteiger charge is 2.17. The lowest BCUT2D eigenvalue weighted by Crippen LogP contribution is -2.43. The number of halogens is 2. The van der Waals surface area contributed by atoms with Crippen LogP contribution in [0, 0.1) is 11.7 Å². The van der Waals surface area contributed by atoms with Gasteiger partial charge in [-0.25, -0.2) is 4.39 Å². The molecule has 0 bridgehead atoms. The molecule has 1 aliphatic rings. The van der Waals surface area contributed by atoms with E-state index < -0.39 is 0 Å². The van der Waals surface area contributed by atoms with E-state index in [2.05, 4.69) is 36.4 Å². The van der Waals surface area contributed by atoms with E-state index in [9.17, 15) is 4.39 Å². The molecule has 0 spiro atoms. The van der Waals surface area contributed by atoms with Crippen molar-refractivity contribution in [1.29, 1.82) is 0 Å². The Morgan fingerprint density at radius 3 is 2.73 bits per heavy atom. The number of nitrogens with zero attached hydrogens (tertiary/aromatic N) is 1. The third-order valence-corrected chi connectivity index (χ3v) is 4.22. The lowest BCUT2D eigenvalue weighted by atomic mass is 10.0. The predicted octanol–water partition coefficient (Wildman–Crippen LogP) is 3.84. The zero-order valence-corrected chi connectivity index (χ0v) is 18.4. The van der Waals surface area contributed by atoms with Crippen LogP contribution in [0.1, 0.15) is 44.7 Å². The SMILES string of the molecule is CN=C(NCCc1cc(F)cc2c1OCOC2)NC(C)CCC(C)C.I. The average molecular weight is 479 g/mol. The summed E-state index contributed by atoms with van der Waals surface area (Å²) in [4.78, 5) is 4.26. The summed E-state index contributed by atoms with van der Waals surface area (Å²) < 4.78 is 24.5. The molecule has 1 unspecified atom stereocenters. The largest absolute Gasteiger partial charge is 0.467 e. The molecule has 1 heterocycles. The van der Waals surface area contributed by atoms with Crippen LogP contribution in [0.4, 0.5) is 4.39 Å². The highest BCUT2D eigenvalue weighted by molar-refractivity contribution is 14.0. The Morgan fingerprint density at radius 2 is 2.04 bits per heavy atom. The number of ether oxygens (including phenoxy) is 2. The molecule has 0 amide bonds. The molecule has 2 rings (SSSR count). The molecule has 0 aromatic heterocycles. The minimum atomic E-state index is -0.257. The van der Waals surface area contributed by atoms with Crippen molar-refractivity contribution in [3.8, 4) is 5.75 Å². The minimum Gasteiger partial charge on any atom is -0.467 e. The van der Waals surface area contributed by atoms with Gasteiger partial charge in [-0.05, 0) is 49.8 Å². The number of benzene rings is 1. The Hall–Kier alpha value is -1.09. The van der Waals surface area contributed by atoms with Gasteiger partial charge >= 0.3 is 0 Å². The molecule has 0 fully saturated rings. The number of nitrogens with one attached hydrogen (secondary N) is 2. The Labute approximate surface area is 173 Å². The molecule has 0 aliphatic carbocycles. The fourth-order valence-electron chi connectivity index (χ4n) is 2.84. The van der Waals surface area contributed by atoms with Crippen LogP contribution in [-0.2, 0) is 17.8 Å². The van der Waals surface area contributed by atoms with Crippen LogP contribution in [0.15, 0.2) is 17.1 Å². The van der Waals surface area contributed by atoms with Gasteiger partial charge in [0.15, 0.2) is 12.8 Å². The number of hydrogen-bond donors (Lipinski definition) is 2. The number of rotatable bonds is 7. The third kappa shape index (κ3) is 7.26. The van der Waals surface area contributed by atoms with Gasteiger partial charge in [-0.15, -0.1) is 24.0 Å². The van der Waals surface area contributed by atoms with Crippen LogP contribution in [0.5, 0.6) is 5.75 Å². The van der Waals surface area contributed by atoms with E-state index in [-0.39, 0.29) is 36.6 Å². The molecule has 148 valence electrons.